The molecule has 1 saturated heterocycles. The Balaban J connectivity index is 1.50. The molecule has 9 heteroatoms. The molecule has 1 atom stereocenters. The first kappa shape index (κ1) is 24.7. The highest BCUT2D eigenvalue weighted by Crippen LogP contribution is 2.31. The van der Waals surface area contributed by atoms with E-state index in [-0.39, 0.29) is 28.1 Å². The lowest BCUT2D eigenvalue weighted by molar-refractivity contribution is 0.0937. The molecule has 3 aromatic carbocycles. The summed E-state index contributed by atoms with van der Waals surface area (Å²) in [6, 6.07) is 18.5. The van der Waals surface area contributed by atoms with Crippen molar-refractivity contribution in [2.24, 2.45) is 0 Å². The minimum atomic E-state index is -3.96. The second kappa shape index (κ2) is 10.9. The third kappa shape index (κ3) is 5.98. The number of hydrogen-bond acceptors (Lipinski definition) is 5. The molecule has 0 bridgehead atoms. The normalized spacial score (nSPS) is 14.9. The van der Waals surface area contributed by atoms with Crippen LogP contribution in [0.25, 0.3) is 0 Å². The lowest BCUT2D eigenvalue weighted by atomic mass is 10.0. The average molecular weight is 498 g/mol. The molecule has 0 spiro atoms. The number of nitrogens with zero attached hydrogens (tertiary/aromatic N) is 1. The lowest BCUT2D eigenvalue weighted by Gasteiger charge is -2.29. The van der Waals surface area contributed by atoms with Crippen molar-refractivity contribution in [2.75, 3.05) is 31.5 Å². The van der Waals surface area contributed by atoms with Crippen LogP contribution in [0.4, 0.5) is 10.1 Å². The van der Waals surface area contributed by atoms with Crippen LogP contribution in [-0.4, -0.2) is 46.0 Å². The summed E-state index contributed by atoms with van der Waals surface area (Å²) in [6.45, 7) is 2.22. The number of nitrogens with one attached hydrogen (secondary N) is 2. The van der Waals surface area contributed by atoms with Crippen LogP contribution in [0.1, 0.15) is 34.8 Å². The molecule has 1 aliphatic rings. The molecule has 2 N–H and O–H groups in total. The summed E-state index contributed by atoms with van der Waals surface area (Å²) in [6.07, 6.45) is 2.20. The van der Waals surface area contributed by atoms with Crippen LogP contribution in [-0.2, 0) is 10.0 Å². The molecule has 1 heterocycles. The Morgan fingerprint density at radius 1 is 1.03 bits per heavy atom. The van der Waals surface area contributed by atoms with E-state index in [1.165, 1.54) is 42.5 Å². The molecular weight excluding hydrogens is 469 g/mol. The molecule has 0 saturated carbocycles. The fourth-order valence-electron chi connectivity index (χ4n) is 4.26. The first-order chi connectivity index (χ1) is 16.9. The van der Waals surface area contributed by atoms with Crippen molar-refractivity contribution in [3.8, 4) is 5.75 Å². The number of carbonyl (C=O) groups excluding carboxylic acids is 1. The standard InChI is InChI=1S/C26H28FN3O4S/c1-34-25-10-3-2-9-23(25)24(30-15-4-5-16-30)18-28-26(31)19-7-6-8-22(17-19)35(32,33)29-21-13-11-20(27)12-14-21/h2-3,6-14,17,24,29H,4-5,15-16,18H2,1H3,(H,28,31)/t24-/m0/s1. The van der Waals surface area contributed by atoms with Gasteiger partial charge in [0.1, 0.15) is 11.6 Å². The number of anilines is 1. The van der Waals surface area contributed by atoms with Crippen LogP contribution in [0.3, 0.4) is 0 Å². The van der Waals surface area contributed by atoms with Crippen LogP contribution in [0.2, 0.25) is 0 Å². The monoisotopic (exact) mass is 497 g/mol. The minimum absolute atomic E-state index is 0.0599. The van der Waals surface area contributed by atoms with Gasteiger partial charge in [-0.25, -0.2) is 12.8 Å². The lowest BCUT2D eigenvalue weighted by Crippen LogP contribution is -2.37. The highest BCUT2D eigenvalue weighted by Gasteiger charge is 2.26. The van der Waals surface area contributed by atoms with Crippen molar-refractivity contribution in [3.05, 3.63) is 89.7 Å². The van der Waals surface area contributed by atoms with Gasteiger partial charge in [0.15, 0.2) is 0 Å². The van der Waals surface area contributed by atoms with E-state index in [1.807, 2.05) is 24.3 Å². The van der Waals surface area contributed by atoms with Crippen molar-refractivity contribution >= 4 is 21.6 Å². The molecule has 0 unspecified atom stereocenters. The summed E-state index contributed by atoms with van der Waals surface area (Å²) >= 11 is 0. The van der Waals surface area contributed by atoms with Gasteiger partial charge < -0.3 is 10.1 Å². The summed E-state index contributed by atoms with van der Waals surface area (Å²) in [5.74, 6) is -0.0755. The fraction of sp³-hybridized carbons (Fsp3) is 0.269. The van der Waals surface area contributed by atoms with Crippen molar-refractivity contribution < 1.29 is 22.3 Å². The molecule has 0 aromatic heterocycles. The quantitative estimate of drug-likeness (QED) is 0.463. The van der Waals surface area contributed by atoms with Gasteiger partial charge in [-0.3, -0.25) is 14.4 Å². The molecule has 0 aliphatic carbocycles. The Hall–Kier alpha value is -3.43. The molecule has 1 fully saturated rings. The third-order valence-electron chi connectivity index (χ3n) is 6.04. The van der Waals surface area contributed by atoms with E-state index < -0.39 is 15.8 Å². The van der Waals surface area contributed by atoms with E-state index >= 15 is 0 Å². The maximum Gasteiger partial charge on any atom is 0.261 e. The number of halogens is 1. The number of likely N-dealkylation sites (tertiary alicyclic amines) is 1. The van der Waals surface area contributed by atoms with Gasteiger partial charge in [0.05, 0.1) is 18.0 Å². The van der Waals surface area contributed by atoms with Crippen LogP contribution in [0.5, 0.6) is 5.75 Å². The van der Waals surface area contributed by atoms with Crippen LogP contribution in [0.15, 0.2) is 77.7 Å². The highest BCUT2D eigenvalue weighted by molar-refractivity contribution is 7.92. The van der Waals surface area contributed by atoms with Gasteiger partial charge >= 0.3 is 0 Å². The van der Waals surface area contributed by atoms with E-state index in [4.69, 9.17) is 4.74 Å². The highest BCUT2D eigenvalue weighted by atomic mass is 32.2. The zero-order chi connectivity index (χ0) is 24.8. The number of para-hydroxylation sites is 1. The molecule has 3 aromatic rings. The van der Waals surface area contributed by atoms with Crippen LogP contribution >= 0.6 is 0 Å². The number of sulfonamides is 1. The zero-order valence-corrected chi connectivity index (χ0v) is 20.2. The van der Waals surface area contributed by atoms with E-state index in [9.17, 15) is 17.6 Å². The van der Waals surface area contributed by atoms with Gasteiger partial charge in [0.25, 0.3) is 15.9 Å². The Kier molecular flexibility index (Phi) is 7.67. The van der Waals surface area contributed by atoms with E-state index in [1.54, 1.807) is 13.2 Å². The third-order valence-corrected chi connectivity index (χ3v) is 7.42. The van der Waals surface area contributed by atoms with Gasteiger partial charge in [0.2, 0.25) is 0 Å². The molecule has 0 radical (unpaired) electrons. The first-order valence-electron chi connectivity index (χ1n) is 11.4. The largest absolute Gasteiger partial charge is 0.496 e. The first-order valence-corrected chi connectivity index (χ1v) is 12.9. The molecule has 4 rings (SSSR count). The summed E-state index contributed by atoms with van der Waals surface area (Å²) in [4.78, 5) is 15.3. The predicted molar refractivity (Wildman–Crippen MR) is 133 cm³/mol. The van der Waals surface area contributed by atoms with Crippen LogP contribution in [0, 0.1) is 5.82 Å². The fourth-order valence-corrected chi connectivity index (χ4v) is 5.36. The summed E-state index contributed by atoms with van der Waals surface area (Å²) in [7, 11) is -2.33. The molecule has 1 aliphatic heterocycles. The second-order valence-corrected chi connectivity index (χ2v) is 10.0. The van der Waals surface area contributed by atoms with Crippen molar-refractivity contribution in [3.63, 3.8) is 0 Å². The smallest absolute Gasteiger partial charge is 0.261 e. The number of carbonyl (C=O) groups is 1. The Morgan fingerprint density at radius 2 is 1.74 bits per heavy atom. The minimum Gasteiger partial charge on any atom is -0.496 e. The van der Waals surface area contributed by atoms with Crippen molar-refractivity contribution in [1.82, 2.24) is 10.2 Å². The number of amides is 1. The molecule has 35 heavy (non-hydrogen) atoms. The Labute approximate surface area is 205 Å². The number of benzene rings is 3. The van der Waals surface area contributed by atoms with Gasteiger partial charge in [0, 0.05) is 23.4 Å². The van der Waals surface area contributed by atoms with Crippen LogP contribution < -0.4 is 14.8 Å². The molecule has 1 amide bonds. The predicted octanol–water partition coefficient (Wildman–Crippen LogP) is 4.20. The summed E-state index contributed by atoms with van der Waals surface area (Å²) in [5, 5.41) is 2.97. The zero-order valence-electron chi connectivity index (χ0n) is 19.4. The average Bonchev–Trinajstić information content (AvgIpc) is 3.40. The second-order valence-electron chi connectivity index (χ2n) is 8.35. The van der Waals surface area contributed by atoms with Gasteiger partial charge in [-0.05, 0) is 74.5 Å². The van der Waals surface area contributed by atoms with Gasteiger partial charge in [-0.2, -0.15) is 0 Å². The van der Waals surface area contributed by atoms with Crippen molar-refractivity contribution in [1.29, 1.82) is 0 Å². The van der Waals surface area contributed by atoms with E-state index in [0.717, 1.165) is 37.2 Å². The van der Waals surface area contributed by atoms with Crippen molar-refractivity contribution in [2.45, 2.75) is 23.8 Å². The number of rotatable bonds is 9. The summed E-state index contributed by atoms with van der Waals surface area (Å²) < 4.78 is 46.7. The maximum absolute atomic E-state index is 13.1. The number of ether oxygens (including phenoxy) is 1. The molecule has 184 valence electrons. The van der Waals surface area contributed by atoms with E-state index in [0.29, 0.717) is 6.54 Å². The number of methoxy groups -OCH3 is 1. The topological polar surface area (TPSA) is 87.7 Å². The molecular formula is C26H28FN3O4S. The van der Waals surface area contributed by atoms with Gasteiger partial charge in [-0.15, -0.1) is 0 Å². The molecule has 7 nitrogen and oxygen atoms in total. The Morgan fingerprint density at radius 3 is 2.46 bits per heavy atom. The Bertz CT molecular complexity index is 1280. The van der Waals surface area contributed by atoms with Gasteiger partial charge in [-0.1, -0.05) is 24.3 Å². The number of hydrogen-bond donors (Lipinski definition) is 2. The maximum atomic E-state index is 13.1. The SMILES string of the molecule is COc1ccccc1[C@H](CNC(=O)c1cccc(S(=O)(=O)Nc2ccc(F)cc2)c1)N1CCCC1. The summed E-state index contributed by atoms with van der Waals surface area (Å²) in [5.41, 5.74) is 1.45. The van der Waals surface area contributed by atoms with E-state index in [2.05, 4.69) is 14.9 Å².